The average molecular weight is 261 g/mol. The number of rotatable bonds is 6. The third-order valence-corrected chi connectivity index (χ3v) is 3.07. The lowest BCUT2D eigenvalue weighted by Gasteiger charge is -2.16. The summed E-state index contributed by atoms with van der Waals surface area (Å²) in [6.45, 7) is 2.45. The first kappa shape index (κ1) is 13.6. The molecule has 2 atom stereocenters. The zero-order valence-electron chi connectivity index (χ0n) is 11.2. The molecule has 1 heterocycles. The minimum Gasteiger partial charge on any atom is -0.497 e. The van der Waals surface area contributed by atoms with Gasteiger partial charge in [0.2, 0.25) is 0 Å². The van der Waals surface area contributed by atoms with E-state index < -0.39 is 6.10 Å². The maximum Gasteiger partial charge on any atom is 0.120 e. The van der Waals surface area contributed by atoms with Crippen LogP contribution in [-0.2, 0) is 0 Å². The highest BCUT2D eigenvalue weighted by molar-refractivity contribution is 5.29. The Morgan fingerprint density at radius 3 is 2.84 bits per heavy atom. The SMILES string of the molecule is COc1cccc(C(O)CNC(C)c2ccco2)c1. The summed E-state index contributed by atoms with van der Waals surface area (Å²) in [5, 5.41) is 13.4. The van der Waals surface area contributed by atoms with Gasteiger partial charge < -0.3 is 19.6 Å². The van der Waals surface area contributed by atoms with E-state index in [9.17, 15) is 5.11 Å². The Morgan fingerprint density at radius 1 is 1.32 bits per heavy atom. The molecule has 19 heavy (non-hydrogen) atoms. The van der Waals surface area contributed by atoms with Gasteiger partial charge in [0.05, 0.1) is 25.5 Å². The van der Waals surface area contributed by atoms with Gasteiger partial charge in [-0.25, -0.2) is 0 Å². The molecule has 0 spiro atoms. The zero-order chi connectivity index (χ0) is 13.7. The second-order valence-electron chi connectivity index (χ2n) is 4.44. The monoisotopic (exact) mass is 261 g/mol. The molecule has 0 radical (unpaired) electrons. The summed E-state index contributed by atoms with van der Waals surface area (Å²) in [6, 6.07) is 11.3. The summed E-state index contributed by atoms with van der Waals surface area (Å²) in [4.78, 5) is 0. The van der Waals surface area contributed by atoms with Crippen molar-refractivity contribution in [2.45, 2.75) is 19.1 Å². The Hall–Kier alpha value is -1.78. The zero-order valence-corrected chi connectivity index (χ0v) is 11.2. The first-order valence-electron chi connectivity index (χ1n) is 6.29. The molecule has 0 fully saturated rings. The number of aliphatic hydroxyl groups is 1. The van der Waals surface area contributed by atoms with Crippen LogP contribution in [0.25, 0.3) is 0 Å². The van der Waals surface area contributed by atoms with Crippen LogP contribution in [0.15, 0.2) is 47.1 Å². The van der Waals surface area contributed by atoms with Crippen LogP contribution in [0, 0.1) is 0 Å². The number of hydrogen-bond acceptors (Lipinski definition) is 4. The Balaban J connectivity index is 1.91. The summed E-state index contributed by atoms with van der Waals surface area (Å²) in [5.41, 5.74) is 0.832. The maximum atomic E-state index is 10.1. The van der Waals surface area contributed by atoms with Crippen LogP contribution in [0.5, 0.6) is 5.75 Å². The highest BCUT2D eigenvalue weighted by Gasteiger charge is 2.12. The van der Waals surface area contributed by atoms with Crippen LogP contribution < -0.4 is 10.1 Å². The highest BCUT2D eigenvalue weighted by atomic mass is 16.5. The van der Waals surface area contributed by atoms with E-state index >= 15 is 0 Å². The van der Waals surface area contributed by atoms with Crippen LogP contribution in [-0.4, -0.2) is 18.8 Å². The van der Waals surface area contributed by atoms with Crippen molar-refractivity contribution in [3.8, 4) is 5.75 Å². The highest BCUT2D eigenvalue weighted by Crippen LogP contribution is 2.19. The van der Waals surface area contributed by atoms with Gasteiger partial charge in [0, 0.05) is 6.54 Å². The quantitative estimate of drug-likeness (QED) is 0.839. The summed E-state index contributed by atoms with van der Waals surface area (Å²) >= 11 is 0. The molecule has 0 aliphatic rings. The maximum absolute atomic E-state index is 10.1. The fraction of sp³-hybridized carbons (Fsp3) is 0.333. The normalized spacial score (nSPS) is 14.1. The molecule has 2 rings (SSSR count). The Labute approximate surface area is 113 Å². The molecule has 2 unspecified atom stereocenters. The van der Waals surface area contributed by atoms with Crippen LogP contribution in [0.1, 0.15) is 30.4 Å². The minimum absolute atomic E-state index is 0.0651. The van der Waals surface area contributed by atoms with Crippen molar-refractivity contribution in [3.63, 3.8) is 0 Å². The molecular weight excluding hydrogens is 242 g/mol. The molecule has 0 aliphatic heterocycles. The largest absolute Gasteiger partial charge is 0.497 e. The molecule has 0 saturated carbocycles. The van der Waals surface area contributed by atoms with Crippen LogP contribution >= 0.6 is 0 Å². The van der Waals surface area contributed by atoms with E-state index in [1.807, 2.05) is 43.3 Å². The van der Waals surface area contributed by atoms with E-state index in [1.54, 1.807) is 13.4 Å². The third-order valence-electron chi connectivity index (χ3n) is 3.07. The van der Waals surface area contributed by atoms with Gasteiger partial charge in [0.15, 0.2) is 0 Å². The van der Waals surface area contributed by atoms with Gasteiger partial charge in [-0.1, -0.05) is 12.1 Å². The van der Waals surface area contributed by atoms with Crippen LogP contribution in [0.4, 0.5) is 0 Å². The van der Waals surface area contributed by atoms with E-state index in [0.717, 1.165) is 17.1 Å². The third kappa shape index (κ3) is 3.59. The first-order chi connectivity index (χ1) is 9.20. The molecule has 0 saturated heterocycles. The van der Waals surface area contributed by atoms with E-state index in [-0.39, 0.29) is 6.04 Å². The molecule has 1 aromatic carbocycles. The van der Waals surface area contributed by atoms with E-state index in [1.165, 1.54) is 0 Å². The molecule has 0 amide bonds. The first-order valence-corrected chi connectivity index (χ1v) is 6.29. The summed E-state index contributed by atoms with van der Waals surface area (Å²) in [5.74, 6) is 1.61. The molecule has 4 heteroatoms. The van der Waals surface area contributed by atoms with Gasteiger partial charge in [-0.2, -0.15) is 0 Å². The molecule has 102 valence electrons. The van der Waals surface area contributed by atoms with Gasteiger partial charge in [0.1, 0.15) is 11.5 Å². The van der Waals surface area contributed by atoms with Gasteiger partial charge in [-0.15, -0.1) is 0 Å². The summed E-state index contributed by atoms with van der Waals surface area (Å²) in [6.07, 6.45) is 1.07. The van der Waals surface area contributed by atoms with Crippen LogP contribution in [0.2, 0.25) is 0 Å². The van der Waals surface area contributed by atoms with Gasteiger partial charge >= 0.3 is 0 Å². The number of aliphatic hydroxyl groups excluding tert-OH is 1. The van der Waals surface area contributed by atoms with Crippen LogP contribution in [0.3, 0.4) is 0 Å². The van der Waals surface area contributed by atoms with Crippen molar-refractivity contribution < 1.29 is 14.3 Å². The predicted molar refractivity (Wildman–Crippen MR) is 73.1 cm³/mol. The fourth-order valence-corrected chi connectivity index (χ4v) is 1.89. The number of furan rings is 1. The van der Waals surface area contributed by atoms with Gasteiger partial charge in [-0.3, -0.25) is 0 Å². The summed E-state index contributed by atoms with van der Waals surface area (Å²) in [7, 11) is 1.61. The Morgan fingerprint density at radius 2 is 2.16 bits per heavy atom. The van der Waals surface area contributed by atoms with Crippen molar-refractivity contribution in [3.05, 3.63) is 54.0 Å². The lowest BCUT2D eigenvalue weighted by Crippen LogP contribution is -2.24. The molecule has 4 nitrogen and oxygen atoms in total. The van der Waals surface area contributed by atoms with Crippen molar-refractivity contribution >= 4 is 0 Å². The number of ether oxygens (including phenoxy) is 1. The van der Waals surface area contributed by atoms with Crippen molar-refractivity contribution in [1.82, 2.24) is 5.32 Å². The second-order valence-corrected chi connectivity index (χ2v) is 4.44. The molecule has 0 aliphatic carbocycles. The molecule has 2 aromatic rings. The molecular formula is C15H19NO3. The number of nitrogens with one attached hydrogen (secondary N) is 1. The number of hydrogen-bond donors (Lipinski definition) is 2. The van der Waals surface area contributed by atoms with Crippen molar-refractivity contribution in [2.24, 2.45) is 0 Å². The average Bonchev–Trinajstić information content (AvgIpc) is 2.98. The molecule has 0 bridgehead atoms. The van der Waals surface area contributed by atoms with Gasteiger partial charge in [-0.05, 0) is 36.8 Å². The predicted octanol–water partition coefficient (Wildman–Crippen LogP) is 2.67. The summed E-state index contributed by atoms with van der Waals surface area (Å²) < 4.78 is 10.4. The standard InChI is InChI=1S/C15H19NO3/c1-11(15-7-4-8-19-15)16-10-14(17)12-5-3-6-13(9-12)18-2/h3-9,11,14,16-17H,10H2,1-2H3. The van der Waals surface area contributed by atoms with E-state index in [4.69, 9.17) is 9.15 Å². The number of methoxy groups -OCH3 is 1. The Kier molecular flexibility index (Phi) is 4.60. The molecule has 2 N–H and O–H groups in total. The van der Waals surface area contributed by atoms with E-state index in [2.05, 4.69) is 5.32 Å². The van der Waals surface area contributed by atoms with Gasteiger partial charge in [0.25, 0.3) is 0 Å². The minimum atomic E-state index is -0.576. The lowest BCUT2D eigenvalue weighted by molar-refractivity contribution is 0.168. The van der Waals surface area contributed by atoms with Crippen molar-refractivity contribution in [1.29, 1.82) is 0 Å². The lowest BCUT2D eigenvalue weighted by atomic mass is 10.1. The van der Waals surface area contributed by atoms with Crippen molar-refractivity contribution in [2.75, 3.05) is 13.7 Å². The molecule has 1 aromatic heterocycles. The van der Waals surface area contributed by atoms with E-state index in [0.29, 0.717) is 6.54 Å². The Bertz CT molecular complexity index is 496. The second kappa shape index (κ2) is 6.41. The number of benzene rings is 1. The smallest absolute Gasteiger partial charge is 0.120 e. The fourth-order valence-electron chi connectivity index (χ4n) is 1.89. The topological polar surface area (TPSA) is 54.6 Å².